The number of hydrogen-bond acceptors (Lipinski definition) is 7. The average Bonchev–Trinajstić information content (AvgIpc) is 2.78. The summed E-state index contributed by atoms with van der Waals surface area (Å²) in [5, 5.41) is 3.66. The number of anilines is 2. The van der Waals surface area contributed by atoms with Crippen LogP contribution < -0.4 is 10.1 Å². The third-order valence-corrected chi connectivity index (χ3v) is 5.79. The topological polar surface area (TPSA) is 94.1 Å². The van der Waals surface area contributed by atoms with Crippen molar-refractivity contribution in [2.75, 3.05) is 11.6 Å². The van der Waals surface area contributed by atoms with Gasteiger partial charge in [-0.3, -0.25) is 0 Å². The fraction of sp³-hybridized carbons (Fsp3) is 0.125. The van der Waals surface area contributed by atoms with Crippen LogP contribution in [0, 0.1) is 5.82 Å². The molecule has 1 aromatic heterocycles. The summed E-state index contributed by atoms with van der Waals surface area (Å²) < 4.78 is 43.0. The van der Waals surface area contributed by atoms with Crippen molar-refractivity contribution in [3.63, 3.8) is 0 Å². The summed E-state index contributed by atoms with van der Waals surface area (Å²) in [4.78, 5) is 12.8. The van der Waals surface area contributed by atoms with Crippen molar-refractivity contribution in [2.24, 2.45) is 0 Å². The zero-order valence-electron chi connectivity index (χ0n) is 18.1. The third kappa shape index (κ3) is 6.49. The molecule has 0 fully saturated rings. The molecule has 4 rings (SSSR count). The number of nitrogens with zero attached hydrogens (tertiary/aromatic N) is 3. The van der Waals surface area contributed by atoms with Crippen LogP contribution in [0.5, 0.6) is 5.75 Å². The number of benzene rings is 3. The van der Waals surface area contributed by atoms with Crippen LogP contribution in [0.1, 0.15) is 11.1 Å². The second-order valence-electron chi connectivity index (χ2n) is 7.58. The summed E-state index contributed by atoms with van der Waals surface area (Å²) >= 11 is 5.92. The van der Waals surface area contributed by atoms with Crippen LogP contribution >= 0.6 is 11.6 Å². The molecule has 7 nitrogen and oxygen atoms in total. The van der Waals surface area contributed by atoms with Gasteiger partial charge in [0.1, 0.15) is 24.5 Å². The quantitative estimate of drug-likeness (QED) is 0.357. The van der Waals surface area contributed by atoms with Gasteiger partial charge in [0.2, 0.25) is 5.95 Å². The number of aromatic nitrogens is 3. The van der Waals surface area contributed by atoms with Gasteiger partial charge in [0.25, 0.3) is 0 Å². The summed E-state index contributed by atoms with van der Waals surface area (Å²) in [5.41, 5.74) is 2.62. The first kappa shape index (κ1) is 23.6. The molecule has 1 N–H and O–H groups in total. The highest BCUT2D eigenvalue weighted by atomic mass is 35.5. The van der Waals surface area contributed by atoms with Crippen LogP contribution in [-0.4, -0.2) is 29.6 Å². The van der Waals surface area contributed by atoms with E-state index in [-0.39, 0.29) is 29.9 Å². The lowest BCUT2D eigenvalue weighted by molar-refractivity contribution is 0.306. The van der Waals surface area contributed by atoms with E-state index in [0.717, 1.165) is 5.56 Å². The van der Waals surface area contributed by atoms with E-state index in [0.29, 0.717) is 21.8 Å². The van der Waals surface area contributed by atoms with E-state index >= 15 is 0 Å². The zero-order chi connectivity index (χ0) is 24.1. The van der Waals surface area contributed by atoms with E-state index in [1.165, 1.54) is 24.7 Å². The molecule has 4 aromatic rings. The molecule has 0 spiro atoms. The maximum atomic E-state index is 14.0. The van der Waals surface area contributed by atoms with Gasteiger partial charge in [0, 0.05) is 23.0 Å². The molecule has 0 atom stereocenters. The van der Waals surface area contributed by atoms with Gasteiger partial charge in [-0.05, 0) is 47.5 Å². The Morgan fingerprint density at radius 1 is 1.00 bits per heavy atom. The van der Waals surface area contributed by atoms with Gasteiger partial charge in [0.15, 0.2) is 15.7 Å². The fourth-order valence-electron chi connectivity index (χ4n) is 3.20. The van der Waals surface area contributed by atoms with Gasteiger partial charge >= 0.3 is 0 Å². The average molecular weight is 499 g/mol. The lowest BCUT2D eigenvalue weighted by atomic mass is 10.1. The Morgan fingerprint density at radius 2 is 1.79 bits per heavy atom. The minimum absolute atomic E-state index is 0.0745. The van der Waals surface area contributed by atoms with Crippen LogP contribution in [-0.2, 0) is 22.2 Å². The second-order valence-corrected chi connectivity index (χ2v) is 10.2. The van der Waals surface area contributed by atoms with E-state index in [4.69, 9.17) is 16.3 Å². The van der Waals surface area contributed by atoms with E-state index < -0.39 is 15.7 Å². The monoisotopic (exact) mass is 498 g/mol. The van der Waals surface area contributed by atoms with Gasteiger partial charge in [0.05, 0.1) is 11.3 Å². The molecular formula is C24H20ClFN4O3S. The van der Waals surface area contributed by atoms with Gasteiger partial charge in [-0.2, -0.15) is 4.98 Å². The van der Waals surface area contributed by atoms with Crippen LogP contribution in [0.15, 0.2) is 73.1 Å². The normalized spacial score (nSPS) is 11.3. The minimum atomic E-state index is -3.17. The van der Waals surface area contributed by atoms with Crippen molar-refractivity contribution in [3.05, 3.63) is 95.0 Å². The van der Waals surface area contributed by atoms with Crippen LogP contribution in [0.25, 0.3) is 11.4 Å². The van der Waals surface area contributed by atoms with Crippen molar-refractivity contribution in [3.8, 4) is 17.1 Å². The van der Waals surface area contributed by atoms with Gasteiger partial charge in [-0.25, -0.2) is 22.8 Å². The Bertz CT molecular complexity index is 1420. The highest BCUT2D eigenvalue weighted by molar-refractivity contribution is 7.89. The Morgan fingerprint density at radius 3 is 2.56 bits per heavy atom. The molecule has 0 saturated heterocycles. The van der Waals surface area contributed by atoms with Gasteiger partial charge < -0.3 is 10.1 Å². The van der Waals surface area contributed by atoms with E-state index in [1.54, 1.807) is 42.5 Å². The highest BCUT2D eigenvalue weighted by Gasteiger charge is 2.13. The molecule has 0 amide bonds. The Hall–Kier alpha value is -3.56. The van der Waals surface area contributed by atoms with Gasteiger partial charge in [-0.1, -0.05) is 35.9 Å². The van der Waals surface area contributed by atoms with Crippen molar-refractivity contribution in [1.29, 1.82) is 0 Å². The molecule has 0 aliphatic carbocycles. The summed E-state index contributed by atoms with van der Waals surface area (Å²) in [5.74, 6) is 0.284. The standard InChI is InChI=1S/C24H20ClFN4O3S/c1-34(31,32)14-17-3-2-4-20(11-17)29-24-28-15-27-23(30-24)21-10-9-19(26)12-22(21)33-13-16-5-7-18(25)8-6-16/h2-12,15H,13-14H2,1H3,(H,27,28,29,30). The largest absolute Gasteiger partial charge is 0.488 e. The molecule has 0 radical (unpaired) electrons. The lowest BCUT2D eigenvalue weighted by Gasteiger charge is -2.12. The van der Waals surface area contributed by atoms with Crippen molar-refractivity contribution >= 4 is 33.1 Å². The number of nitrogens with one attached hydrogen (secondary N) is 1. The molecule has 0 saturated carbocycles. The fourth-order valence-corrected chi connectivity index (χ4v) is 4.11. The maximum Gasteiger partial charge on any atom is 0.230 e. The van der Waals surface area contributed by atoms with Crippen molar-refractivity contribution < 1.29 is 17.5 Å². The third-order valence-electron chi connectivity index (χ3n) is 4.68. The molecule has 3 aromatic carbocycles. The van der Waals surface area contributed by atoms with Crippen LogP contribution in [0.2, 0.25) is 5.02 Å². The molecule has 0 aliphatic rings. The first-order chi connectivity index (χ1) is 16.2. The number of halogens is 2. The SMILES string of the molecule is CS(=O)(=O)Cc1cccc(Nc2ncnc(-c3ccc(F)cc3OCc3ccc(Cl)cc3)n2)c1. The number of ether oxygens (including phenoxy) is 1. The lowest BCUT2D eigenvalue weighted by Crippen LogP contribution is -2.04. The maximum absolute atomic E-state index is 14.0. The molecule has 34 heavy (non-hydrogen) atoms. The molecule has 1 heterocycles. The smallest absolute Gasteiger partial charge is 0.230 e. The van der Waals surface area contributed by atoms with Crippen molar-refractivity contribution in [1.82, 2.24) is 15.0 Å². The first-order valence-electron chi connectivity index (χ1n) is 10.1. The number of rotatable bonds is 8. The molecule has 174 valence electrons. The van der Waals surface area contributed by atoms with Crippen molar-refractivity contribution in [2.45, 2.75) is 12.4 Å². The van der Waals surface area contributed by atoms with Crippen LogP contribution in [0.3, 0.4) is 0 Å². The summed E-state index contributed by atoms with van der Waals surface area (Å²) in [6.45, 7) is 0.205. The Labute approximate surface area is 201 Å². The highest BCUT2D eigenvalue weighted by Crippen LogP contribution is 2.30. The Balaban J connectivity index is 1.57. The predicted molar refractivity (Wildman–Crippen MR) is 129 cm³/mol. The molecule has 0 unspecified atom stereocenters. The molecule has 10 heteroatoms. The van der Waals surface area contributed by atoms with E-state index in [1.807, 2.05) is 12.1 Å². The Kier molecular flexibility index (Phi) is 7.04. The van der Waals surface area contributed by atoms with E-state index in [2.05, 4.69) is 20.3 Å². The second kappa shape index (κ2) is 10.1. The number of hydrogen-bond donors (Lipinski definition) is 1. The van der Waals surface area contributed by atoms with Gasteiger partial charge in [-0.15, -0.1) is 0 Å². The molecular weight excluding hydrogens is 479 g/mol. The summed E-state index contributed by atoms with van der Waals surface area (Å²) in [6.07, 6.45) is 2.51. The van der Waals surface area contributed by atoms with Crippen LogP contribution in [0.4, 0.5) is 16.0 Å². The first-order valence-corrected chi connectivity index (χ1v) is 12.6. The predicted octanol–water partition coefficient (Wildman–Crippen LogP) is 5.20. The summed E-state index contributed by atoms with van der Waals surface area (Å²) in [6, 6.07) is 18.2. The molecule has 0 bridgehead atoms. The molecule has 0 aliphatic heterocycles. The van der Waals surface area contributed by atoms with E-state index in [9.17, 15) is 12.8 Å². The summed E-state index contributed by atoms with van der Waals surface area (Å²) in [7, 11) is -3.17. The zero-order valence-corrected chi connectivity index (χ0v) is 19.6. The minimum Gasteiger partial charge on any atom is -0.488 e. The number of sulfone groups is 1.